The molecule has 0 saturated carbocycles. The molecule has 0 saturated heterocycles. The summed E-state index contributed by atoms with van der Waals surface area (Å²) in [5.41, 5.74) is 3.34. The number of anilines is 1. The van der Waals surface area contributed by atoms with Gasteiger partial charge < -0.3 is 5.32 Å². The van der Waals surface area contributed by atoms with Crippen LogP contribution >= 0.6 is 15.9 Å². The van der Waals surface area contributed by atoms with E-state index in [2.05, 4.69) is 21.2 Å². The molecular formula is C15H14BrFN2O2. The molecular weight excluding hydrogens is 339 g/mol. The van der Waals surface area contributed by atoms with Gasteiger partial charge in [-0.3, -0.25) is 10.1 Å². The molecule has 2 aromatic carbocycles. The maximum absolute atomic E-state index is 13.4. The molecule has 0 aliphatic rings. The number of rotatable bonds is 4. The van der Waals surface area contributed by atoms with Crippen molar-refractivity contribution in [1.82, 2.24) is 0 Å². The van der Waals surface area contributed by atoms with Crippen LogP contribution < -0.4 is 5.32 Å². The fraction of sp³-hybridized carbons (Fsp3) is 0.200. The van der Waals surface area contributed by atoms with E-state index in [1.807, 2.05) is 26.0 Å². The van der Waals surface area contributed by atoms with E-state index in [4.69, 9.17) is 0 Å². The summed E-state index contributed by atoms with van der Waals surface area (Å²) in [4.78, 5) is 10.1. The highest BCUT2D eigenvalue weighted by molar-refractivity contribution is 9.10. The van der Waals surface area contributed by atoms with Crippen LogP contribution in [0.15, 0.2) is 34.8 Å². The third-order valence-electron chi connectivity index (χ3n) is 3.12. The van der Waals surface area contributed by atoms with Crippen LogP contribution in [0.2, 0.25) is 0 Å². The first-order chi connectivity index (χ1) is 9.86. The molecule has 21 heavy (non-hydrogen) atoms. The SMILES string of the molecule is Cc1cc(Br)cc(C)c1NCc1cc(F)cc([N+](=O)[O-])c1. The summed E-state index contributed by atoms with van der Waals surface area (Å²) < 4.78 is 14.4. The maximum Gasteiger partial charge on any atom is 0.272 e. The molecule has 0 bridgehead atoms. The van der Waals surface area contributed by atoms with Crippen LogP contribution in [0.25, 0.3) is 0 Å². The molecule has 4 nitrogen and oxygen atoms in total. The molecule has 2 rings (SSSR count). The zero-order valence-corrected chi connectivity index (χ0v) is 13.2. The standard InChI is InChI=1S/C15H14BrFN2O2/c1-9-3-12(16)4-10(2)15(9)18-8-11-5-13(17)7-14(6-11)19(20)21/h3-7,18H,8H2,1-2H3. The van der Waals surface area contributed by atoms with Gasteiger partial charge in [0.15, 0.2) is 0 Å². The predicted octanol–water partition coefficient (Wildman–Crippen LogP) is 4.73. The van der Waals surface area contributed by atoms with Gasteiger partial charge in [-0.1, -0.05) is 15.9 Å². The number of nitro benzene ring substituents is 1. The van der Waals surface area contributed by atoms with E-state index in [0.717, 1.165) is 27.4 Å². The Morgan fingerprint density at radius 2 is 1.81 bits per heavy atom. The number of benzene rings is 2. The molecule has 0 heterocycles. The van der Waals surface area contributed by atoms with Gasteiger partial charge in [0.2, 0.25) is 0 Å². The number of nitrogens with one attached hydrogen (secondary N) is 1. The Morgan fingerprint density at radius 1 is 1.19 bits per heavy atom. The molecule has 0 spiro atoms. The number of hydrogen-bond donors (Lipinski definition) is 1. The maximum atomic E-state index is 13.4. The lowest BCUT2D eigenvalue weighted by Gasteiger charge is -2.13. The molecule has 2 aromatic rings. The second kappa shape index (κ2) is 6.22. The highest BCUT2D eigenvalue weighted by Crippen LogP contribution is 2.26. The van der Waals surface area contributed by atoms with Crippen molar-refractivity contribution < 1.29 is 9.31 Å². The molecule has 1 N–H and O–H groups in total. The van der Waals surface area contributed by atoms with Gasteiger partial charge >= 0.3 is 0 Å². The van der Waals surface area contributed by atoms with Crippen LogP contribution in [0.4, 0.5) is 15.8 Å². The highest BCUT2D eigenvalue weighted by atomic mass is 79.9. The van der Waals surface area contributed by atoms with Gasteiger partial charge in [-0.05, 0) is 48.7 Å². The monoisotopic (exact) mass is 352 g/mol. The summed E-state index contributed by atoms with van der Waals surface area (Å²) in [6, 6.07) is 7.54. The average Bonchev–Trinajstić information content (AvgIpc) is 2.36. The Labute approximate surface area is 130 Å². The van der Waals surface area contributed by atoms with Crippen LogP contribution in [0.5, 0.6) is 0 Å². The lowest BCUT2D eigenvalue weighted by molar-refractivity contribution is -0.385. The molecule has 0 aliphatic heterocycles. The molecule has 0 aliphatic carbocycles. The van der Waals surface area contributed by atoms with Gasteiger partial charge in [0.05, 0.1) is 11.0 Å². The molecule has 0 fully saturated rings. The van der Waals surface area contributed by atoms with Crippen LogP contribution in [0.3, 0.4) is 0 Å². The minimum atomic E-state index is -0.606. The molecule has 0 aromatic heterocycles. The second-order valence-electron chi connectivity index (χ2n) is 4.84. The molecule has 6 heteroatoms. The minimum absolute atomic E-state index is 0.240. The van der Waals surface area contributed by atoms with Crippen LogP contribution in [0, 0.1) is 29.8 Å². The van der Waals surface area contributed by atoms with Gasteiger partial charge in [-0.15, -0.1) is 0 Å². The van der Waals surface area contributed by atoms with E-state index in [-0.39, 0.29) is 5.69 Å². The van der Waals surface area contributed by atoms with Crippen molar-refractivity contribution >= 4 is 27.3 Å². The first kappa shape index (κ1) is 15.4. The van der Waals surface area contributed by atoms with Crippen LogP contribution in [0.1, 0.15) is 16.7 Å². The minimum Gasteiger partial charge on any atom is -0.381 e. The normalized spacial score (nSPS) is 10.5. The molecule has 0 amide bonds. The fourth-order valence-electron chi connectivity index (χ4n) is 2.22. The zero-order valence-electron chi connectivity index (χ0n) is 11.6. The summed E-state index contributed by atoms with van der Waals surface area (Å²) in [5.74, 6) is -0.606. The predicted molar refractivity (Wildman–Crippen MR) is 84.0 cm³/mol. The topological polar surface area (TPSA) is 55.2 Å². The Morgan fingerprint density at radius 3 is 2.38 bits per heavy atom. The summed E-state index contributed by atoms with van der Waals surface area (Å²) in [7, 11) is 0. The Kier molecular flexibility index (Phi) is 4.57. The number of halogens is 2. The third-order valence-corrected chi connectivity index (χ3v) is 3.58. The van der Waals surface area contributed by atoms with Crippen molar-refractivity contribution in [2.24, 2.45) is 0 Å². The van der Waals surface area contributed by atoms with Crippen molar-refractivity contribution in [3.63, 3.8) is 0 Å². The van der Waals surface area contributed by atoms with Crippen molar-refractivity contribution in [2.45, 2.75) is 20.4 Å². The Balaban J connectivity index is 2.23. The second-order valence-corrected chi connectivity index (χ2v) is 5.76. The smallest absolute Gasteiger partial charge is 0.272 e. The van der Waals surface area contributed by atoms with E-state index < -0.39 is 10.7 Å². The Hall–Kier alpha value is -1.95. The average molecular weight is 353 g/mol. The summed E-state index contributed by atoms with van der Waals surface area (Å²) >= 11 is 3.43. The van der Waals surface area contributed by atoms with Gasteiger partial charge in [0, 0.05) is 22.8 Å². The number of non-ortho nitro benzene ring substituents is 1. The van der Waals surface area contributed by atoms with E-state index in [0.29, 0.717) is 12.1 Å². The van der Waals surface area contributed by atoms with E-state index in [1.165, 1.54) is 12.1 Å². The lowest BCUT2D eigenvalue weighted by atomic mass is 10.1. The van der Waals surface area contributed by atoms with Gasteiger partial charge in [-0.25, -0.2) is 4.39 Å². The van der Waals surface area contributed by atoms with Crippen LogP contribution in [-0.4, -0.2) is 4.92 Å². The molecule has 0 atom stereocenters. The van der Waals surface area contributed by atoms with Crippen molar-refractivity contribution in [2.75, 3.05) is 5.32 Å². The first-order valence-electron chi connectivity index (χ1n) is 6.31. The number of aryl methyl sites for hydroxylation is 2. The Bertz CT molecular complexity index is 681. The summed E-state index contributed by atoms with van der Waals surface area (Å²) in [5, 5.41) is 13.9. The molecule has 110 valence electrons. The van der Waals surface area contributed by atoms with E-state index in [9.17, 15) is 14.5 Å². The molecule has 0 unspecified atom stereocenters. The number of hydrogen-bond acceptors (Lipinski definition) is 3. The quantitative estimate of drug-likeness (QED) is 0.639. The molecule has 0 radical (unpaired) electrons. The van der Waals surface area contributed by atoms with Gasteiger partial charge in [0.25, 0.3) is 5.69 Å². The largest absolute Gasteiger partial charge is 0.381 e. The van der Waals surface area contributed by atoms with E-state index >= 15 is 0 Å². The van der Waals surface area contributed by atoms with Crippen molar-refractivity contribution in [3.8, 4) is 0 Å². The lowest BCUT2D eigenvalue weighted by Crippen LogP contribution is -2.04. The van der Waals surface area contributed by atoms with Crippen LogP contribution in [-0.2, 0) is 6.54 Å². The summed E-state index contributed by atoms with van der Waals surface area (Å²) in [6.45, 7) is 4.25. The van der Waals surface area contributed by atoms with E-state index in [1.54, 1.807) is 0 Å². The van der Waals surface area contributed by atoms with Crippen molar-refractivity contribution in [1.29, 1.82) is 0 Å². The highest BCUT2D eigenvalue weighted by Gasteiger charge is 2.10. The third kappa shape index (κ3) is 3.78. The van der Waals surface area contributed by atoms with Gasteiger partial charge in [-0.2, -0.15) is 0 Å². The first-order valence-corrected chi connectivity index (χ1v) is 7.10. The summed E-state index contributed by atoms with van der Waals surface area (Å²) in [6.07, 6.45) is 0. The fourth-order valence-corrected chi connectivity index (χ4v) is 2.91. The number of nitrogens with zero attached hydrogens (tertiary/aromatic N) is 1. The van der Waals surface area contributed by atoms with Gasteiger partial charge in [0.1, 0.15) is 5.82 Å². The number of nitro groups is 1. The zero-order chi connectivity index (χ0) is 15.6. The van der Waals surface area contributed by atoms with Crippen molar-refractivity contribution in [3.05, 3.63) is 67.4 Å².